The zero-order chi connectivity index (χ0) is 19.0. The van der Waals surface area contributed by atoms with Gasteiger partial charge in [0.2, 0.25) is 11.8 Å². The van der Waals surface area contributed by atoms with E-state index in [4.69, 9.17) is 4.42 Å². The Hall–Kier alpha value is -2.30. The van der Waals surface area contributed by atoms with E-state index in [-0.39, 0.29) is 10.0 Å². The average molecular weight is 408 g/mol. The maximum absolute atomic E-state index is 13.1. The quantitative estimate of drug-likeness (QED) is 0.661. The number of rotatable bonds is 4. The van der Waals surface area contributed by atoms with Gasteiger partial charge in [0.15, 0.2) is 0 Å². The van der Waals surface area contributed by atoms with Crippen LogP contribution >= 0.6 is 11.3 Å². The average Bonchev–Trinajstić information content (AvgIpc) is 3.32. The number of nitrogens with zero attached hydrogens (tertiary/aromatic N) is 4. The van der Waals surface area contributed by atoms with E-state index in [1.54, 1.807) is 30.5 Å². The van der Waals surface area contributed by atoms with Crippen molar-refractivity contribution in [1.29, 1.82) is 0 Å². The van der Waals surface area contributed by atoms with E-state index in [1.165, 1.54) is 16.4 Å². The molecule has 142 valence electrons. The summed E-state index contributed by atoms with van der Waals surface area (Å²) in [4.78, 5) is 2.05. The second kappa shape index (κ2) is 7.02. The Morgan fingerprint density at radius 3 is 2.44 bits per heavy atom. The molecule has 3 aromatic rings. The molecule has 4 rings (SSSR count). The number of piperazine rings is 1. The molecular weight excluding hydrogens is 391 g/mol. The standard InChI is InChI=1S/C17H17FN4O3S2/c1-12-19-20-17(25-12)13-10-16(26-11-13)27(23,24)22-8-6-21(7-9-22)15-4-2-14(18)3-5-15/h2-5,10-11H,6-9H2,1H3. The SMILES string of the molecule is Cc1nnc(-c2csc(S(=O)(=O)N3CCN(c4ccc(F)cc4)CC3)c2)o1. The van der Waals surface area contributed by atoms with Gasteiger partial charge in [0, 0.05) is 44.2 Å². The molecule has 1 aliphatic rings. The van der Waals surface area contributed by atoms with E-state index in [1.807, 2.05) is 4.90 Å². The van der Waals surface area contributed by atoms with Crippen LogP contribution in [0.3, 0.4) is 0 Å². The number of sulfonamides is 1. The fourth-order valence-electron chi connectivity index (χ4n) is 2.94. The molecule has 0 aliphatic carbocycles. The van der Waals surface area contributed by atoms with E-state index >= 15 is 0 Å². The molecule has 2 aromatic heterocycles. The molecule has 0 saturated carbocycles. The largest absolute Gasteiger partial charge is 0.421 e. The molecule has 1 fully saturated rings. The molecule has 0 amide bonds. The van der Waals surface area contributed by atoms with Crippen molar-refractivity contribution in [1.82, 2.24) is 14.5 Å². The third-order valence-electron chi connectivity index (χ3n) is 4.37. The molecule has 1 aromatic carbocycles. The van der Waals surface area contributed by atoms with E-state index in [0.717, 1.165) is 17.0 Å². The third kappa shape index (κ3) is 3.60. The third-order valence-corrected chi connectivity index (χ3v) is 7.69. The highest BCUT2D eigenvalue weighted by molar-refractivity contribution is 7.91. The highest BCUT2D eigenvalue weighted by Crippen LogP contribution is 2.30. The smallest absolute Gasteiger partial charge is 0.252 e. The van der Waals surface area contributed by atoms with Crippen molar-refractivity contribution in [2.24, 2.45) is 0 Å². The number of hydrogen-bond acceptors (Lipinski definition) is 7. The van der Waals surface area contributed by atoms with E-state index in [9.17, 15) is 12.8 Å². The second-order valence-electron chi connectivity index (χ2n) is 6.15. The second-order valence-corrected chi connectivity index (χ2v) is 9.22. The number of hydrogen-bond donors (Lipinski definition) is 0. The topological polar surface area (TPSA) is 79.5 Å². The number of anilines is 1. The highest BCUT2D eigenvalue weighted by atomic mass is 32.2. The van der Waals surface area contributed by atoms with Gasteiger partial charge in [-0.3, -0.25) is 0 Å². The Balaban J connectivity index is 1.47. The van der Waals surface area contributed by atoms with Gasteiger partial charge in [0.1, 0.15) is 10.0 Å². The first kappa shape index (κ1) is 18.1. The van der Waals surface area contributed by atoms with Crippen molar-refractivity contribution in [3.05, 3.63) is 47.4 Å². The number of benzene rings is 1. The van der Waals surface area contributed by atoms with Gasteiger partial charge in [-0.15, -0.1) is 21.5 Å². The van der Waals surface area contributed by atoms with Gasteiger partial charge in [-0.2, -0.15) is 4.31 Å². The minimum atomic E-state index is -3.58. The maximum atomic E-state index is 13.1. The fraction of sp³-hybridized carbons (Fsp3) is 0.294. The monoisotopic (exact) mass is 408 g/mol. The fourth-order valence-corrected chi connectivity index (χ4v) is 5.67. The van der Waals surface area contributed by atoms with E-state index < -0.39 is 10.0 Å². The Morgan fingerprint density at radius 1 is 1.11 bits per heavy atom. The lowest BCUT2D eigenvalue weighted by atomic mass is 10.2. The molecule has 0 bridgehead atoms. The van der Waals surface area contributed by atoms with Crippen LogP contribution in [0.4, 0.5) is 10.1 Å². The van der Waals surface area contributed by atoms with Gasteiger partial charge < -0.3 is 9.32 Å². The molecule has 1 aliphatic heterocycles. The lowest BCUT2D eigenvalue weighted by Gasteiger charge is -2.35. The number of halogens is 1. The minimum absolute atomic E-state index is 0.253. The number of aromatic nitrogens is 2. The first-order valence-corrected chi connectivity index (χ1v) is 10.6. The zero-order valence-electron chi connectivity index (χ0n) is 14.5. The number of aryl methyl sites for hydroxylation is 1. The van der Waals surface area contributed by atoms with Crippen molar-refractivity contribution in [3.63, 3.8) is 0 Å². The summed E-state index contributed by atoms with van der Waals surface area (Å²) in [6, 6.07) is 7.80. The lowest BCUT2D eigenvalue weighted by Crippen LogP contribution is -2.48. The lowest BCUT2D eigenvalue weighted by molar-refractivity contribution is 0.386. The highest BCUT2D eigenvalue weighted by Gasteiger charge is 2.30. The minimum Gasteiger partial charge on any atom is -0.421 e. The summed E-state index contributed by atoms with van der Waals surface area (Å²) in [5.74, 6) is 0.453. The molecule has 0 atom stereocenters. The van der Waals surface area contributed by atoms with Crippen LogP contribution in [0.5, 0.6) is 0 Å². The predicted octanol–water partition coefficient (Wildman–Crippen LogP) is 2.76. The summed E-state index contributed by atoms with van der Waals surface area (Å²) in [5.41, 5.74) is 1.49. The first-order valence-electron chi connectivity index (χ1n) is 8.33. The van der Waals surface area contributed by atoms with Gasteiger partial charge >= 0.3 is 0 Å². The summed E-state index contributed by atoms with van der Waals surface area (Å²) in [5, 5.41) is 9.39. The van der Waals surface area contributed by atoms with E-state index in [2.05, 4.69) is 10.2 Å². The summed E-state index contributed by atoms with van der Waals surface area (Å²) in [6.07, 6.45) is 0. The van der Waals surface area contributed by atoms with Crippen molar-refractivity contribution >= 4 is 27.0 Å². The molecule has 0 spiro atoms. The maximum Gasteiger partial charge on any atom is 0.252 e. The first-order chi connectivity index (χ1) is 12.9. The van der Waals surface area contributed by atoms with E-state index in [0.29, 0.717) is 43.5 Å². The normalized spacial score (nSPS) is 16.0. The molecule has 10 heteroatoms. The van der Waals surface area contributed by atoms with Gasteiger partial charge in [-0.1, -0.05) is 0 Å². The van der Waals surface area contributed by atoms with Crippen LogP contribution in [0.1, 0.15) is 5.89 Å². The molecule has 7 nitrogen and oxygen atoms in total. The van der Waals surface area contributed by atoms with Crippen molar-refractivity contribution in [2.45, 2.75) is 11.1 Å². The van der Waals surface area contributed by atoms with Crippen LogP contribution in [0.15, 0.2) is 44.3 Å². The van der Waals surface area contributed by atoms with Crippen LogP contribution in [0.2, 0.25) is 0 Å². The summed E-state index contributed by atoms with van der Waals surface area (Å²) >= 11 is 1.14. The molecule has 0 N–H and O–H groups in total. The van der Waals surface area contributed by atoms with Gasteiger partial charge in [0.25, 0.3) is 10.0 Å². The summed E-state index contributed by atoms with van der Waals surface area (Å²) < 4.78 is 46.0. The van der Waals surface area contributed by atoms with Crippen LogP contribution < -0.4 is 4.90 Å². The summed E-state index contributed by atoms with van der Waals surface area (Å²) in [6.45, 7) is 3.51. The number of thiophene rings is 1. The summed E-state index contributed by atoms with van der Waals surface area (Å²) in [7, 11) is -3.58. The predicted molar refractivity (Wildman–Crippen MR) is 99.7 cm³/mol. The van der Waals surface area contributed by atoms with Crippen LogP contribution in [0.25, 0.3) is 11.5 Å². The molecule has 3 heterocycles. The zero-order valence-corrected chi connectivity index (χ0v) is 16.1. The molecular formula is C17H17FN4O3S2. The van der Waals surface area contributed by atoms with Gasteiger partial charge in [-0.05, 0) is 30.3 Å². The van der Waals surface area contributed by atoms with Crippen LogP contribution in [0, 0.1) is 12.7 Å². The Bertz CT molecular complexity index is 1040. The van der Waals surface area contributed by atoms with Crippen molar-refractivity contribution < 1.29 is 17.2 Å². The van der Waals surface area contributed by atoms with Crippen LogP contribution in [-0.2, 0) is 10.0 Å². The van der Waals surface area contributed by atoms with Gasteiger partial charge in [-0.25, -0.2) is 12.8 Å². The molecule has 0 radical (unpaired) electrons. The molecule has 0 unspecified atom stereocenters. The molecule has 1 saturated heterocycles. The molecule has 27 heavy (non-hydrogen) atoms. The Kier molecular flexibility index (Phi) is 4.70. The van der Waals surface area contributed by atoms with Crippen molar-refractivity contribution in [2.75, 3.05) is 31.1 Å². The van der Waals surface area contributed by atoms with Crippen LogP contribution in [-0.4, -0.2) is 49.1 Å². The Morgan fingerprint density at radius 2 is 1.81 bits per heavy atom. The van der Waals surface area contributed by atoms with Gasteiger partial charge in [0.05, 0.1) is 5.56 Å². The Labute approximate surface area is 160 Å². The van der Waals surface area contributed by atoms with Crippen molar-refractivity contribution in [3.8, 4) is 11.5 Å².